The van der Waals surface area contributed by atoms with Crippen molar-refractivity contribution in [2.75, 3.05) is 45.9 Å². The van der Waals surface area contributed by atoms with E-state index in [-0.39, 0.29) is 17.4 Å². The summed E-state index contributed by atoms with van der Waals surface area (Å²) >= 11 is 0. The van der Waals surface area contributed by atoms with Gasteiger partial charge in [0, 0.05) is 20.3 Å². The summed E-state index contributed by atoms with van der Waals surface area (Å²) in [6.07, 6.45) is 2.87. The molecule has 0 aliphatic carbocycles. The van der Waals surface area contributed by atoms with E-state index >= 15 is 0 Å². The molecule has 0 amide bonds. The van der Waals surface area contributed by atoms with E-state index in [2.05, 4.69) is 15.3 Å². The maximum atomic E-state index is 11.0. The van der Waals surface area contributed by atoms with Crippen molar-refractivity contribution in [1.82, 2.24) is 9.97 Å². The van der Waals surface area contributed by atoms with Gasteiger partial charge in [-0.1, -0.05) is 0 Å². The highest BCUT2D eigenvalue weighted by Gasteiger charge is 2.23. The van der Waals surface area contributed by atoms with E-state index in [1.165, 1.54) is 13.4 Å². The molecular weight excluding hydrogens is 280 g/mol. The Morgan fingerprint density at radius 2 is 2.05 bits per heavy atom. The largest absolute Gasteiger partial charge is 0.476 e. The second-order valence-electron chi connectivity index (χ2n) is 4.08. The summed E-state index contributed by atoms with van der Waals surface area (Å²) in [5, 5.41) is 13.9. The van der Waals surface area contributed by atoms with Crippen molar-refractivity contribution >= 4 is 11.5 Å². The first-order chi connectivity index (χ1) is 10.2. The first-order valence-corrected chi connectivity index (χ1v) is 6.54. The van der Waals surface area contributed by atoms with E-state index in [1.807, 2.05) is 0 Å². The third kappa shape index (κ3) is 5.88. The Kier molecular flexibility index (Phi) is 7.99. The summed E-state index contributed by atoms with van der Waals surface area (Å²) in [4.78, 5) is 18.0. The number of hydrogen-bond donors (Lipinski definition) is 1. The minimum Gasteiger partial charge on any atom is -0.476 e. The fourth-order valence-corrected chi connectivity index (χ4v) is 1.59. The molecule has 0 unspecified atom stereocenters. The van der Waals surface area contributed by atoms with Gasteiger partial charge in [0.1, 0.15) is 6.33 Å². The topological polar surface area (TPSA) is 109 Å². The van der Waals surface area contributed by atoms with Crippen LogP contribution in [0.25, 0.3) is 0 Å². The Labute approximate surface area is 122 Å². The molecule has 0 saturated carbocycles. The van der Waals surface area contributed by atoms with Crippen LogP contribution in [0.15, 0.2) is 6.33 Å². The zero-order valence-corrected chi connectivity index (χ0v) is 12.2. The maximum absolute atomic E-state index is 11.0. The van der Waals surface area contributed by atoms with Gasteiger partial charge in [-0.15, -0.1) is 0 Å². The summed E-state index contributed by atoms with van der Waals surface area (Å²) in [5.74, 6) is 0.104. The van der Waals surface area contributed by atoms with Gasteiger partial charge in [0.05, 0.1) is 25.2 Å². The van der Waals surface area contributed by atoms with Gasteiger partial charge in [-0.25, -0.2) is 4.98 Å². The minimum atomic E-state index is -0.560. The maximum Gasteiger partial charge on any atom is 0.372 e. The first-order valence-electron chi connectivity index (χ1n) is 6.54. The fourth-order valence-electron chi connectivity index (χ4n) is 1.59. The third-order valence-electron chi connectivity index (χ3n) is 2.60. The standard InChI is InChI=1S/C12H20N4O5/c1-19-7-8-21-6-4-3-5-13-11-10(16(17)18)12(20-2)15-9-14-11/h9H,3-8H2,1-2H3,(H,13,14,15). The summed E-state index contributed by atoms with van der Waals surface area (Å²) in [7, 11) is 2.95. The number of nitrogens with one attached hydrogen (secondary N) is 1. The van der Waals surface area contributed by atoms with Crippen LogP contribution in [0.5, 0.6) is 5.88 Å². The van der Waals surface area contributed by atoms with Crippen molar-refractivity contribution in [3.05, 3.63) is 16.4 Å². The highest BCUT2D eigenvalue weighted by atomic mass is 16.6. The zero-order valence-electron chi connectivity index (χ0n) is 12.2. The molecule has 0 aliphatic heterocycles. The van der Waals surface area contributed by atoms with Crippen LogP contribution in [0.2, 0.25) is 0 Å². The average molecular weight is 300 g/mol. The minimum absolute atomic E-state index is 0.0552. The Balaban J connectivity index is 2.37. The summed E-state index contributed by atoms with van der Waals surface area (Å²) in [5.41, 5.74) is -0.253. The lowest BCUT2D eigenvalue weighted by atomic mass is 10.3. The number of anilines is 1. The van der Waals surface area contributed by atoms with Gasteiger partial charge in [-0.3, -0.25) is 10.1 Å². The normalized spacial score (nSPS) is 10.4. The van der Waals surface area contributed by atoms with Crippen molar-refractivity contribution < 1.29 is 19.1 Å². The average Bonchev–Trinajstić information content (AvgIpc) is 2.49. The molecule has 0 bridgehead atoms. The Bertz CT molecular complexity index is 444. The lowest BCUT2D eigenvalue weighted by Gasteiger charge is -2.08. The molecular formula is C12H20N4O5. The second-order valence-corrected chi connectivity index (χ2v) is 4.08. The summed E-state index contributed by atoms with van der Waals surface area (Å²) in [6.45, 7) is 2.32. The third-order valence-corrected chi connectivity index (χ3v) is 2.60. The molecule has 0 aromatic carbocycles. The number of aromatic nitrogens is 2. The number of rotatable bonds is 11. The van der Waals surface area contributed by atoms with Gasteiger partial charge in [0.2, 0.25) is 5.82 Å². The number of nitro groups is 1. The molecule has 0 atom stereocenters. The number of ether oxygens (including phenoxy) is 3. The van der Waals surface area contributed by atoms with Crippen LogP contribution in [-0.4, -0.2) is 55.5 Å². The van der Waals surface area contributed by atoms with Gasteiger partial charge in [-0.2, -0.15) is 4.98 Å². The number of nitrogens with zero attached hydrogens (tertiary/aromatic N) is 3. The van der Waals surface area contributed by atoms with Crippen LogP contribution >= 0.6 is 0 Å². The van der Waals surface area contributed by atoms with Gasteiger partial charge in [-0.05, 0) is 12.8 Å². The van der Waals surface area contributed by atoms with E-state index in [4.69, 9.17) is 14.2 Å². The molecule has 118 valence electrons. The lowest BCUT2D eigenvalue weighted by molar-refractivity contribution is -0.385. The molecule has 0 spiro atoms. The second kappa shape index (κ2) is 9.83. The SMILES string of the molecule is COCCOCCCCNc1ncnc(OC)c1[N+](=O)[O-]. The predicted octanol–water partition coefficient (Wildman–Crippen LogP) is 1.25. The van der Waals surface area contributed by atoms with Crippen molar-refractivity contribution in [1.29, 1.82) is 0 Å². The van der Waals surface area contributed by atoms with E-state index in [0.29, 0.717) is 26.4 Å². The Hall–Kier alpha value is -2.00. The lowest BCUT2D eigenvalue weighted by Crippen LogP contribution is -2.09. The smallest absolute Gasteiger partial charge is 0.372 e. The van der Waals surface area contributed by atoms with Crippen LogP contribution in [0, 0.1) is 10.1 Å². The van der Waals surface area contributed by atoms with E-state index < -0.39 is 4.92 Å². The van der Waals surface area contributed by atoms with Gasteiger partial charge in [0.15, 0.2) is 0 Å². The summed E-state index contributed by atoms with van der Waals surface area (Å²) in [6, 6.07) is 0. The van der Waals surface area contributed by atoms with Crippen LogP contribution < -0.4 is 10.1 Å². The van der Waals surface area contributed by atoms with Gasteiger partial charge >= 0.3 is 5.69 Å². The molecule has 1 aromatic rings. The number of unbranched alkanes of at least 4 members (excludes halogenated alkanes) is 1. The van der Waals surface area contributed by atoms with Crippen molar-refractivity contribution in [3.63, 3.8) is 0 Å². The molecule has 0 fully saturated rings. The quantitative estimate of drug-likeness (QED) is 0.369. The Morgan fingerprint density at radius 1 is 1.24 bits per heavy atom. The predicted molar refractivity (Wildman–Crippen MR) is 75.7 cm³/mol. The molecule has 0 saturated heterocycles. The van der Waals surface area contributed by atoms with Gasteiger partial charge < -0.3 is 19.5 Å². The molecule has 0 radical (unpaired) electrons. The molecule has 1 heterocycles. The van der Waals surface area contributed by atoms with E-state index in [1.54, 1.807) is 7.11 Å². The molecule has 1 N–H and O–H groups in total. The van der Waals surface area contributed by atoms with Crippen LogP contribution in [0.1, 0.15) is 12.8 Å². The Morgan fingerprint density at radius 3 is 2.71 bits per heavy atom. The van der Waals surface area contributed by atoms with E-state index in [9.17, 15) is 10.1 Å². The molecule has 9 nitrogen and oxygen atoms in total. The highest BCUT2D eigenvalue weighted by Crippen LogP contribution is 2.30. The fraction of sp³-hybridized carbons (Fsp3) is 0.667. The summed E-state index contributed by atoms with van der Waals surface area (Å²) < 4.78 is 15.0. The molecule has 1 aromatic heterocycles. The van der Waals surface area contributed by atoms with E-state index in [0.717, 1.165) is 12.8 Å². The highest BCUT2D eigenvalue weighted by molar-refractivity contribution is 5.60. The van der Waals surface area contributed by atoms with Crippen molar-refractivity contribution in [2.24, 2.45) is 0 Å². The van der Waals surface area contributed by atoms with Crippen molar-refractivity contribution in [3.8, 4) is 5.88 Å². The van der Waals surface area contributed by atoms with Gasteiger partial charge in [0.25, 0.3) is 5.88 Å². The number of methoxy groups -OCH3 is 2. The molecule has 21 heavy (non-hydrogen) atoms. The van der Waals surface area contributed by atoms with Crippen LogP contribution in [0.4, 0.5) is 11.5 Å². The van der Waals surface area contributed by atoms with Crippen LogP contribution in [0.3, 0.4) is 0 Å². The monoisotopic (exact) mass is 300 g/mol. The first kappa shape index (κ1) is 17.1. The number of hydrogen-bond acceptors (Lipinski definition) is 8. The molecule has 9 heteroatoms. The zero-order chi connectivity index (χ0) is 15.5. The molecule has 0 aliphatic rings. The van der Waals surface area contributed by atoms with Crippen molar-refractivity contribution in [2.45, 2.75) is 12.8 Å². The molecule has 1 rings (SSSR count). The van der Waals surface area contributed by atoms with Crippen LogP contribution in [-0.2, 0) is 9.47 Å².